The molecule has 0 aromatic rings. The highest BCUT2D eigenvalue weighted by molar-refractivity contribution is 5.94. The molecule has 3 atom stereocenters. The van der Waals surface area contributed by atoms with E-state index in [1.807, 2.05) is 0 Å². The van der Waals surface area contributed by atoms with Crippen LogP contribution in [0.4, 0.5) is 0 Å². The number of amides is 4. The summed E-state index contributed by atoms with van der Waals surface area (Å²) < 4.78 is 64.5. The third kappa shape index (κ3) is 37.2. The van der Waals surface area contributed by atoms with E-state index in [2.05, 4.69) is 16.0 Å². The SMILES string of the molecule is COCCOCCOCCOCCOCCOCCOCCOCCOCCOCCOCCOCCC(=O)N[C@H](C)C(=O)N[C@H](C)C(=O)N[C@@H](CC(N)=O)C(=O)O. The van der Waals surface area contributed by atoms with Crippen molar-refractivity contribution in [3.63, 3.8) is 0 Å². The zero-order chi connectivity index (χ0) is 42.9. The lowest BCUT2D eigenvalue weighted by Gasteiger charge is -2.20. The van der Waals surface area contributed by atoms with Crippen molar-refractivity contribution in [2.24, 2.45) is 5.73 Å². The summed E-state index contributed by atoms with van der Waals surface area (Å²) in [4.78, 5) is 58.8. The largest absolute Gasteiger partial charge is 0.480 e. The van der Waals surface area contributed by atoms with Crippen LogP contribution >= 0.6 is 0 Å². The van der Waals surface area contributed by atoms with Gasteiger partial charge in [0.15, 0.2) is 0 Å². The fourth-order valence-electron chi connectivity index (χ4n) is 4.09. The van der Waals surface area contributed by atoms with Crippen LogP contribution < -0.4 is 21.7 Å². The minimum Gasteiger partial charge on any atom is -0.480 e. The zero-order valence-electron chi connectivity index (χ0n) is 34.4. The molecule has 6 N–H and O–H groups in total. The van der Waals surface area contributed by atoms with Crippen molar-refractivity contribution in [1.29, 1.82) is 0 Å². The summed E-state index contributed by atoms with van der Waals surface area (Å²) in [5, 5.41) is 16.1. The van der Waals surface area contributed by atoms with Gasteiger partial charge in [0.2, 0.25) is 23.6 Å². The van der Waals surface area contributed by atoms with Crippen LogP contribution in [-0.4, -0.2) is 212 Å². The second-order valence-corrected chi connectivity index (χ2v) is 12.1. The molecule has 4 amide bonds. The van der Waals surface area contributed by atoms with Crippen LogP contribution in [0.2, 0.25) is 0 Å². The Balaban J connectivity index is 3.44. The number of carbonyl (C=O) groups excluding carboxylic acids is 4. The Kier molecular flexibility index (Phi) is 38.4. The van der Waals surface area contributed by atoms with Gasteiger partial charge in [-0.25, -0.2) is 4.79 Å². The first kappa shape index (κ1) is 54.9. The number of carboxylic acid groups (broad SMARTS) is 1. The Morgan fingerprint density at radius 3 is 1.02 bits per heavy atom. The Morgan fingerprint density at radius 1 is 0.448 bits per heavy atom. The molecule has 22 nitrogen and oxygen atoms in total. The molecular weight excluding hydrogens is 776 g/mol. The van der Waals surface area contributed by atoms with Gasteiger partial charge < -0.3 is 83.6 Å². The normalized spacial score (nSPS) is 12.8. The number of rotatable bonds is 44. The highest BCUT2D eigenvalue weighted by Gasteiger charge is 2.26. The van der Waals surface area contributed by atoms with Crippen molar-refractivity contribution in [1.82, 2.24) is 16.0 Å². The van der Waals surface area contributed by atoms with Gasteiger partial charge in [-0.3, -0.25) is 19.2 Å². The smallest absolute Gasteiger partial charge is 0.326 e. The number of carbonyl (C=O) groups is 5. The molecule has 0 heterocycles. The first-order valence-electron chi connectivity index (χ1n) is 19.3. The van der Waals surface area contributed by atoms with Crippen LogP contribution in [0.15, 0.2) is 0 Å². The summed E-state index contributed by atoms with van der Waals surface area (Å²) in [6.07, 6.45) is -0.619. The molecule has 0 radical (unpaired) electrons. The molecule has 0 spiro atoms. The van der Waals surface area contributed by atoms with E-state index in [0.717, 1.165) is 0 Å². The molecule has 0 aliphatic heterocycles. The number of aliphatic carboxylic acids is 1. The van der Waals surface area contributed by atoms with Crippen molar-refractivity contribution < 1.29 is 85.9 Å². The van der Waals surface area contributed by atoms with Gasteiger partial charge >= 0.3 is 5.97 Å². The molecule has 0 rings (SSSR count). The number of hydrogen-bond donors (Lipinski definition) is 5. The van der Waals surface area contributed by atoms with Gasteiger partial charge in [0.05, 0.1) is 158 Å². The Labute approximate surface area is 340 Å². The van der Waals surface area contributed by atoms with Crippen molar-refractivity contribution >= 4 is 29.6 Å². The zero-order valence-corrected chi connectivity index (χ0v) is 34.4. The van der Waals surface area contributed by atoms with Gasteiger partial charge in [0.25, 0.3) is 0 Å². The van der Waals surface area contributed by atoms with E-state index < -0.39 is 54.1 Å². The fraction of sp³-hybridized carbons (Fsp3) is 0.861. The molecular formula is C36H68N4O18. The molecule has 58 heavy (non-hydrogen) atoms. The lowest BCUT2D eigenvalue weighted by Crippen LogP contribution is -2.54. The predicted molar refractivity (Wildman–Crippen MR) is 204 cm³/mol. The molecule has 0 bridgehead atoms. The number of methoxy groups -OCH3 is 1. The summed E-state index contributed by atoms with van der Waals surface area (Å²) >= 11 is 0. The average molecular weight is 845 g/mol. The molecule has 0 aliphatic carbocycles. The summed E-state index contributed by atoms with van der Waals surface area (Å²) in [6.45, 7) is 12.8. The number of primary amides is 1. The molecule has 0 aliphatic rings. The van der Waals surface area contributed by atoms with Crippen molar-refractivity contribution in [2.75, 3.05) is 159 Å². The second kappa shape index (κ2) is 40.6. The highest BCUT2D eigenvalue weighted by Crippen LogP contribution is 1.96. The Bertz CT molecular complexity index is 1050. The maximum atomic E-state index is 12.3. The van der Waals surface area contributed by atoms with E-state index in [9.17, 15) is 24.0 Å². The lowest BCUT2D eigenvalue weighted by atomic mass is 10.1. The number of carboxylic acids is 1. The lowest BCUT2D eigenvalue weighted by molar-refractivity contribution is -0.143. The van der Waals surface area contributed by atoms with E-state index in [4.69, 9.17) is 67.7 Å². The number of nitrogens with one attached hydrogen (secondary N) is 3. The molecule has 0 aromatic carbocycles. The molecule has 0 aromatic heterocycles. The predicted octanol–water partition coefficient (Wildman–Crippen LogP) is -2.34. The first-order chi connectivity index (χ1) is 28.1. The molecule has 340 valence electrons. The van der Waals surface area contributed by atoms with Crippen LogP contribution in [0, 0.1) is 0 Å². The highest BCUT2D eigenvalue weighted by atomic mass is 16.6. The van der Waals surface area contributed by atoms with Gasteiger partial charge in [0.1, 0.15) is 18.1 Å². The summed E-state index contributed by atoms with van der Waals surface area (Å²) in [5.74, 6) is -4.31. The van der Waals surface area contributed by atoms with Gasteiger partial charge in [0, 0.05) is 13.5 Å². The third-order valence-corrected chi connectivity index (χ3v) is 7.17. The fourth-order valence-corrected chi connectivity index (χ4v) is 4.09. The van der Waals surface area contributed by atoms with E-state index in [1.165, 1.54) is 13.8 Å². The molecule has 0 fully saturated rings. The molecule has 0 saturated carbocycles. The standard InChI is InChI=1S/C36H68N4O18/c1-29(34(43)39-30(2)35(44)40-31(36(45)46)28-32(37)41)38-33(42)4-5-48-8-9-50-12-13-52-16-17-54-20-21-56-24-25-58-27-26-57-23-22-55-19-18-53-15-14-51-11-10-49-7-6-47-3/h29-31H,4-28H2,1-3H3,(H2,37,41)(H,38,42)(H,39,43)(H,40,44)(H,45,46)/t29-,30-,31+/m1/s1. The quantitative estimate of drug-likeness (QED) is 0.0402. The van der Waals surface area contributed by atoms with Crippen molar-refractivity contribution in [3.05, 3.63) is 0 Å². The Morgan fingerprint density at radius 2 is 0.724 bits per heavy atom. The molecule has 0 unspecified atom stereocenters. The third-order valence-electron chi connectivity index (χ3n) is 7.17. The van der Waals surface area contributed by atoms with Gasteiger partial charge in [-0.15, -0.1) is 0 Å². The molecule has 22 heteroatoms. The second-order valence-electron chi connectivity index (χ2n) is 12.1. The van der Waals surface area contributed by atoms with E-state index in [0.29, 0.717) is 139 Å². The van der Waals surface area contributed by atoms with Gasteiger partial charge in [-0.05, 0) is 13.8 Å². The van der Waals surface area contributed by atoms with Crippen LogP contribution in [-0.2, 0) is 80.8 Å². The van der Waals surface area contributed by atoms with Crippen LogP contribution in [0.1, 0.15) is 26.7 Å². The summed E-state index contributed by atoms with van der Waals surface area (Å²) in [7, 11) is 1.63. The van der Waals surface area contributed by atoms with Crippen LogP contribution in [0.3, 0.4) is 0 Å². The molecule has 0 saturated heterocycles. The summed E-state index contributed by atoms with van der Waals surface area (Å²) in [5.41, 5.74) is 4.99. The van der Waals surface area contributed by atoms with Crippen LogP contribution in [0.5, 0.6) is 0 Å². The maximum Gasteiger partial charge on any atom is 0.326 e. The van der Waals surface area contributed by atoms with Crippen molar-refractivity contribution in [3.8, 4) is 0 Å². The minimum atomic E-state index is -1.53. The topological polar surface area (TPSA) is 278 Å². The number of nitrogens with two attached hydrogens (primary N) is 1. The number of ether oxygens (including phenoxy) is 12. The maximum absolute atomic E-state index is 12.3. The minimum absolute atomic E-state index is 0.0137. The summed E-state index contributed by atoms with van der Waals surface area (Å²) in [6, 6.07) is -3.65. The Hall–Kier alpha value is -3.13. The van der Waals surface area contributed by atoms with E-state index in [1.54, 1.807) is 7.11 Å². The van der Waals surface area contributed by atoms with Crippen molar-refractivity contribution in [2.45, 2.75) is 44.8 Å². The monoisotopic (exact) mass is 844 g/mol. The number of hydrogen-bond acceptors (Lipinski definition) is 17. The van der Waals surface area contributed by atoms with Crippen LogP contribution in [0.25, 0.3) is 0 Å². The van der Waals surface area contributed by atoms with E-state index in [-0.39, 0.29) is 19.6 Å². The average Bonchev–Trinajstić information content (AvgIpc) is 3.18. The first-order valence-corrected chi connectivity index (χ1v) is 19.3. The van der Waals surface area contributed by atoms with E-state index >= 15 is 0 Å². The van der Waals surface area contributed by atoms with Gasteiger partial charge in [-0.2, -0.15) is 0 Å². The van der Waals surface area contributed by atoms with Gasteiger partial charge in [-0.1, -0.05) is 0 Å².